The Morgan fingerprint density at radius 3 is 1.86 bits per heavy atom. The van der Waals surface area contributed by atoms with E-state index in [1.165, 1.54) is 0 Å². The number of ketones is 1. The van der Waals surface area contributed by atoms with E-state index in [0.29, 0.717) is 11.1 Å². The highest BCUT2D eigenvalue weighted by molar-refractivity contribution is 7.01. The van der Waals surface area contributed by atoms with Gasteiger partial charge < -0.3 is 20.1 Å². The molecule has 214 valence electrons. The van der Waals surface area contributed by atoms with Gasteiger partial charge in [-0.15, -0.1) is 0 Å². The van der Waals surface area contributed by atoms with Crippen LogP contribution in [0, 0.1) is 17.5 Å². The number of hydrogen-bond acceptors (Lipinski definition) is 5. The predicted octanol–water partition coefficient (Wildman–Crippen LogP) is 3.65. The van der Waals surface area contributed by atoms with Crippen molar-refractivity contribution in [3.8, 4) is 0 Å². The van der Waals surface area contributed by atoms with Gasteiger partial charge in [-0.3, -0.25) is 4.79 Å². The molecule has 1 spiro atoms. The molecule has 0 saturated carbocycles. The van der Waals surface area contributed by atoms with Crippen LogP contribution in [0.1, 0.15) is 50.2 Å². The quantitative estimate of drug-likeness (QED) is 0.153. The van der Waals surface area contributed by atoms with Gasteiger partial charge in [0.05, 0.1) is 12.7 Å². The number of esters is 1. The van der Waals surface area contributed by atoms with Gasteiger partial charge in [-0.1, -0.05) is 25.2 Å². The monoisotopic (exact) mass is 588 g/mol. The Hall–Kier alpha value is -4.21. The van der Waals surface area contributed by atoms with E-state index in [1.54, 1.807) is 12.1 Å². The summed E-state index contributed by atoms with van der Waals surface area (Å²) in [5.74, 6) is -7.49. The molecule has 0 atom stereocenters. The summed E-state index contributed by atoms with van der Waals surface area (Å²) in [4.78, 5) is 34.2. The predicted molar refractivity (Wildman–Crippen MR) is 154 cm³/mol. The van der Waals surface area contributed by atoms with Crippen molar-refractivity contribution in [3.63, 3.8) is 0 Å². The zero-order chi connectivity index (χ0) is 29.7. The Morgan fingerprint density at radius 1 is 0.905 bits per heavy atom. The lowest BCUT2D eigenvalue weighted by molar-refractivity contribution is -0.0116. The number of hydrogen-bond donors (Lipinski definition) is 0. The number of nitrogens with zero attached hydrogens (tertiary/aromatic N) is 4. The molecule has 7 nitrogen and oxygen atoms in total. The molecular weight excluding hydrogens is 561 g/mol. The van der Waals surface area contributed by atoms with Crippen LogP contribution in [0.25, 0.3) is 5.53 Å². The van der Waals surface area contributed by atoms with E-state index in [0.717, 1.165) is 67.9 Å². The smallest absolute Gasteiger partial charge is 0.358 e. The van der Waals surface area contributed by atoms with Crippen LogP contribution in [0.2, 0.25) is 13.1 Å². The second kappa shape index (κ2) is 8.89. The summed E-state index contributed by atoms with van der Waals surface area (Å²) in [5, 5.41) is 1.71. The van der Waals surface area contributed by atoms with Crippen molar-refractivity contribution in [2.24, 2.45) is 0 Å². The maximum atomic E-state index is 16.7. The molecule has 2 fully saturated rings. The van der Waals surface area contributed by atoms with Crippen molar-refractivity contribution < 1.29 is 32.3 Å². The lowest BCUT2D eigenvalue weighted by atomic mass is 9.68. The zero-order valence-corrected chi connectivity index (χ0v) is 24.4. The highest BCUT2D eigenvalue weighted by Gasteiger charge is 2.66. The third kappa shape index (κ3) is 3.12. The molecule has 0 amide bonds. The summed E-state index contributed by atoms with van der Waals surface area (Å²) in [6.45, 7) is 7.85. The molecule has 7 rings (SSSR count). The van der Waals surface area contributed by atoms with Crippen molar-refractivity contribution >= 4 is 47.3 Å². The lowest BCUT2D eigenvalue weighted by Gasteiger charge is -2.44. The summed E-state index contributed by atoms with van der Waals surface area (Å²) in [6.07, 6.45) is 2.11. The Labute approximate surface area is 241 Å². The second-order valence-electron chi connectivity index (χ2n) is 11.9. The third-order valence-corrected chi connectivity index (χ3v) is 13.1. The number of benzene rings is 3. The molecule has 0 N–H and O–H groups in total. The first-order chi connectivity index (χ1) is 20.1. The molecule has 0 bridgehead atoms. The van der Waals surface area contributed by atoms with E-state index in [4.69, 9.17) is 0 Å². The van der Waals surface area contributed by atoms with Gasteiger partial charge in [0.1, 0.15) is 19.5 Å². The fourth-order valence-electron chi connectivity index (χ4n) is 7.14. The number of rotatable bonds is 3. The normalized spacial score (nSPS) is 19.0. The number of halogens is 3. The van der Waals surface area contributed by atoms with Crippen molar-refractivity contribution in [1.29, 1.82) is 0 Å². The van der Waals surface area contributed by atoms with Crippen molar-refractivity contribution in [3.05, 3.63) is 87.2 Å². The first-order valence-electron chi connectivity index (χ1n) is 13.9. The topological polar surface area (TPSA) is 86.2 Å². The number of carbonyl (C=O) groups is 2. The number of ether oxygens (including phenoxy) is 1. The van der Waals surface area contributed by atoms with Crippen LogP contribution in [0.3, 0.4) is 0 Å². The molecule has 3 aromatic carbocycles. The molecule has 0 unspecified atom stereocenters. The number of fused-ring (bicyclic) bond motifs is 6. The van der Waals surface area contributed by atoms with E-state index in [-0.39, 0.29) is 0 Å². The van der Waals surface area contributed by atoms with E-state index in [2.05, 4.69) is 32.4 Å². The van der Waals surface area contributed by atoms with Crippen molar-refractivity contribution in [1.82, 2.24) is 0 Å². The minimum atomic E-state index is -2.61. The molecule has 0 radical (unpaired) electrons. The van der Waals surface area contributed by atoms with Crippen LogP contribution < -0.4 is 20.2 Å². The number of anilines is 2. The maximum Gasteiger partial charge on any atom is 0.358 e. The summed E-state index contributed by atoms with van der Waals surface area (Å²) < 4.78 is 52.3. The summed E-state index contributed by atoms with van der Waals surface area (Å²) in [6, 6.07) is 11.3. The molecule has 2 saturated heterocycles. The van der Waals surface area contributed by atoms with Crippen LogP contribution >= 0.6 is 0 Å². The largest absolute Gasteiger partial charge is 0.465 e. The van der Waals surface area contributed by atoms with Crippen LogP contribution in [-0.4, -0.2) is 63.6 Å². The van der Waals surface area contributed by atoms with Crippen LogP contribution in [0.15, 0.2) is 36.4 Å². The molecule has 0 aromatic heterocycles. The van der Waals surface area contributed by atoms with Crippen molar-refractivity contribution in [2.45, 2.75) is 31.4 Å². The van der Waals surface area contributed by atoms with E-state index >= 15 is 13.2 Å². The van der Waals surface area contributed by atoms with Gasteiger partial charge in [-0.2, -0.15) is 4.79 Å². The average molecular weight is 589 g/mol. The Balaban J connectivity index is 1.66. The molecule has 11 heteroatoms. The summed E-state index contributed by atoms with van der Waals surface area (Å²) in [5.41, 5.74) is 8.08. The molecular formula is C31H27F3N4O3Si. The van der Waals surface area contributed by atoms with Gasteiger partial charge >= 0.3 is 11.7 Å². The standard InChI is InChI=1S/C31H27F3N4O3Si/c1-41-30(40)23-25(32)24-22(26(33)27(23)34)28(39)29(36-35)31(24)18-8-6-16(37-10-4-11-37)14-20(18)42(2,3)21-15-17(7-9-19(21)31)38-12-5-13-38/h6-9,14-15H,4-5,10-13H2,1-3H3. The van der Waals surface area contributed by atoms with Gasteiger partial charge in [-0.05, 0) is 58.6 Å². The maximum absolute atomic E-state index is 16.7. The second-order valence-corrected chi connectivity index (χ2v) is 16.2. The van der Waals surface area contributed by atoms with Crippen LogP contribution in [0.4, 0.5) is 24.5 Å². The fourth-order valence-corrected chi connectivity index (χ4v) is 10.3. The Kier molecular flexibility index (Phi) is 5.65. The van der Waals surface area contributed by atoms with Gasteiger partial charge in [-0.25, -0.2) is 18.0 Å². The Bertz CT molecular complexity index is 1740. The minimum absolute atomic E-state index is 0.452. The molecule has 42 heavy (non-hydrogen) atoms. The first-order valence-corrected chi connectivity index (χ1v) is 16.9. The number of carbonyl (C=O) groups excluding carboxylic acids is 2. The molecule has 3 heterocycles. The minimum Gasteiger partial charge on any atom is -0.465 e. The molecule has 4 aliphatic rings. The number of methoxy groups -OCH3 is 1. The van der Waals surface area contributed by atoms with Gasteiger partial charge in [0.15, 0.2) is 17.0 Å². The summed E-state index contributed by atoms with van der Waals surface area (Å²) in [7, 11) is -1.68. The van der Waals surface area contributed by atoms with E-state index in [1.807, 2.05) is 24.3 Å². The molecule has 1 aliphatic carbocycles. The van der Waals surface area contributed by atoms with Gasteiger partial charge in [0.2, 0.25) is 0 Å². The Morgan fingerprint density at radius 2 is 1.43 bits per heavy atom. The fraction of sp³-hybridized carbons (Fsp3) is 0.323. The highest BCUT2D eigenvalue weighted by Crippen LogP contribution is 2.52. The van der Waals surface area contributed by atoms with Gasteiger partial charge in [0.25, 0.3) is 5.78 Å². The van der Waals surface area contributed by atoms with E-state index < -0.39 is 65.1 Å². The van der Waals surface area contributed by atoms with Crippen molar-refractivity contribution in [2.75, 3.05) is 43.1 Å². The van der Waals surface area contributed by atoms with Gasteiger partial charge in [0, 0.05) is 43.1 Å². The zero-order valence-electron chi connectivity index (χ0n) is 23.4. The molecule has 3 aromatic rings. The van der Waals surface area contributed by atoms with Crippen LogP contribution in [0.5, 0.6) is 0 Å². The molecule has 3 aliphatic heterocycles. The first kappa shape index (κ1) is 26.7. The number of Topliss-reactive ketones (excluding diaryl/α,β-unsaturated/α-hetero) is 1. The SMILES string of the molecule is COC(=O)c1c(F)c(F)c2c(c1F)C1(C(=[N+]=[N-])C2=O)c2ccc(N3CCC3)cc2[Si](C)(C)c2cc(N3CCC3)ccc21. The van der Waals surface area contributed by atoms with Crippen LogP contribution in [-0.2, 0) is 10.2 Å². The average Bonchev–Trinajstić information content (AvgIpc) is 3.18. The lowest BCUT2D eigenvalue weighted by Crippen LogP contribution is -2.65. The highest BCUT2D eigenvalue weighted by atomic mass is 28.3. The van der Waals surface area contributed by atoms with E-state index in [9.17, 15) is 15.1 Å². The summed E-state index contributed by atoms with van der Waals surface area (Å²) >= 11 is 0. The third-order valence-electron chi connectivity index (χ3n) is 9.59.